The first kappa shape index (κ1) is 10.0. The van der Waals surface area contributed by atoms with Gasteiger partial charge in [0.25, 0.3) is 0 Å². The van der Waals surface area contributed by atoms with E-state index in [9.17, 15) is 0 Å². The molecule has 78 valence electrons. The summed E-state index contributed by atoms with van der Waals surface area (Å²) in [6.45, 7) is 0.459. The van der Waals surface area contributed by atoms with E-state index in [1.54, 1.807) is 29.1 Å². The molecule has 15 heavy (non-hydrogen) atoms. The molecule has 4 N–H and O–H groups in total. The summed E-state index contributed by atoms with van der Waals surface area (Å²) in [7, 11) is 0. The van der Waals surface area contributed by atoms with Gasteiger partial charge in [-0.25, -0.2) is 4.68 Å². The molecule has 0 unspecified atom stereocenters. The average molecular weight is 223 g/mol. The smallest absolute Gasteiger partial charge is 0.0889 e. The first-order chi connectivity index (χ1) is 7.20. The molecule has 1 aromatic carbocycles. The van der Waals surface area contributed by atoms with Gasteiger partial charge in [0.05, 0.1) is 17.6 Å². The largest absolute Gasteiger partial charge is 0.397 e. The number of rotatable bonds is 2. The monoisotopic (exact) mass is 222 g/mol. The summed E-state index contributed by atoms with van der Waals surface area (Å²) in [5, 5.41) is 4.79. The molecule has 4 nitrogen and oxygen atoms in total. The molecule has 1 heterocycles. The molecular formula is C10H11ClN4. The van der Waals surface area contributed by atoms with Crippen LogP contribution in [0.5, 0.6) is 0 Å². The highest BCUT2D eigenvalue weighted by molar-refractivity contribution is 6.30. The van der Waals surface area contributed by atoms with E-state index in [0.717, 1.165) is 11.3 Å². The third kappa shape index (κ3) is 1.95. The summed E-state index contributed by atoms with van der Waals surface area (Å²) in [5.74, 6) is 0. The van der Waals surface area contributed by atoms with Gasteiger partial charge in [0.1, 0.15) is 0 Å². The van der Waals surface area contributed by atoms with E-state index in [4.69, 9.17) is 23.1 Å². The first-order valence-corrected chi connectivity index (χ1v) is 4.87. The minimum atomic E-state index is 0.459. The maximum Gasteiger partial charge on any atom is 0.0889 e. The van der Waals surface area contributed by atoms with Gasteiger partial charge in [-0.15, -0.1) is 0 Å². The fourth-order valence-corrected chi connectivity index (χ4v) is 1.48. The lowest BCUT2D eigenvalue weighted by atomic mass is 10.2. The lowest BCUT2D eigenvalue weighted by Gasteiger charge is -2.05. The Kier molecular flexibility index (Phi) is 2.62. The van der Waals surface area contributed by atoms with E-state index in [-0.39, 0.29) is 0 Å². The van der Waals surface area contributed by atoms with Gasteiger partial charge in [-0.1, -0.05) is 11.6 Å². The fraction of sp³-hybridized carbons (Fsp3) is 0.100. The van der Waals surface area contributed by atoms with E-state index in [2.05, 4.69) is 5.10 Å². The normalized spacial score (nSPS) is 10.5. The van der Waals surface area contributed by atoms with Crippen LogP contribution in [0.1, 0.15) is 5.56 Å². The first-order valence-electron chi connectivity index (χ1n) is 4.49. The molecule has 0 amide bonds. The molecule has 1 aromatic heterocycles. The highest BCUT2D eigenvalue weighted by Gasteiger charge is 2.04. The second kappa shape index (κ2) is 3.92. The summed E-state index contributed by atoms with van der Waals surface area (Å²) in [4.78, 5) is 0. The molecular weight excluding hydrogens is 212 g/mol. The number of anilines is 1. The molecule has 0 atom stereocenters. The van der Waals surface area contributed by atoms with Crippen molar-refractivity contribution >= 4 is 17.3 Å². The van der Waals surface area contributed by atoms with Gasteiger partial charge in [0.15, 0.2) is 0 Å². The molecule has 0 saturated heterocycles. The Morgan fingerprint density at radius 2 is 2.20 bits per heavy atom. The summed E-state index contributed by atoms with van der Waals surface area (Å²) >= 11 is 5.89. The molecule has 2 aromatic rings. The van der Waals surface area contributed by atoms with E-state index >= 15 is 0 Å². The van der Waals surface area contributed by atoms with Crippen molar-refractivity contribution in [2.24, 2.45) is 5.73 Å². The third-order valence-corrected chi connectivity index (χ3v) is 2.35. The summed E-state index contributed by atoms with van der Waals surface area (Å²) in [6, 6.07) is 5.26. The minimum Gasteiger partial charge on any atom is -0.397 e. The SMILES string of the molecule is NCc1cnn(-c2cc(Cl)ccc2N)c1. The third-order valence-electron chi connectivity index (χ3n) is 2.11. The molecule has 0 aliphatic rings. The van der Waals surface area contributed by atoms with Crippen molar-refractivity contribution in [1.82, 2.24) is 9.78 Å². The maximum atomic E-state index is 5.89. The predicted molar refractivity (Wildman–Crippen MR) is 60.9 cm³/mol. The number of hydrogen-bond acceptors (Lipinski definition) is 3. The van der Waals surface area contributed by atoms with Gasteiger partial charge in [0, 0.05) is 23.3 Å². The van der Waals surface area contributed by atoms with Crippen LogP contribution >= 0.6 is 11.6 Å². The van der Waals surface area contributed by atoms with Crippen LogP contribution in [0, 0.1) is 0 Å². The number of hydrogen-bond donors (Lipinski definition) is 2. The highest BCUT2D eigenvalue weighted by Crippen LogP contribution is 2.21. The van der Waals surface area contributed by atoms with Crippen molar-refractivity contribution in [1.29, 1.82) is 0 Å². The van der Waals surface area contributed by atoms with Crippen LogP contribution < -0.4 is 11.5 Å². The van der Waals surface area contributed by atoms with Crippen LogP contribution in [0.15, 0.2) is 30.6 Å². The van der Waals surface area contributed by atoms with Crippen molar-refractivity contribution in [2.45, 2.75) is 6.54 Å². The molecule has 5 heteroatoms. The zero-order valence-corrected chi connectivity index (χ0v) is 8.78. The van der Waals surface area contributed by atoms with Crippen molar-refractivity contribution < 1.29 is 0 Å². The summed E-state index contributed by atoms with van der Waals surface area (Å²) < 4.78 is 1.67. The predicted octanol–water partition coefficient (Wildman–Crippen LogP) is 1.57. The highest BCUT2D eigenvalue weighted by atomic mass is 35.5. The number of nitrogen functional groups attached to an aromatic ring is 1. The van der Waals surface area contributed by atoms with Gasteiger partial charge < -0.3 is 11.5 Å². The Bertz CT molecular complexity index is 478. The van der Waals surface area contributed by atoms with Gasteiger partial charge in [-0.2, -0.15) is 5.10 Å². The molecule has 0 aliphatic carbocycles. The van der Waals surface area contributed by atoms with Crippen LogP contribution in [0.3, 0.4) is 0 Å². The van der Waals surface area contributed by atoms with Crippen LogP contribution in [-0.4, -0.2) is 9.78 Å². The van der Waals surface area contributed by atoms with Crippen molar-refractivity contribution in [2.75, 3.05) is 5.73 Å². The average Bonchev–Trinajstić information content (AvgIpc) is 2.70. The van der Waals surface area contributed by atoms with Crippen LogP contribution in [0.2, 0.25) is 5.02 Å². The molecule has 0 saturated carbocycles. The molecule has 0 bridgehead atoms. The molecule has 2 rings (SSSR count). The van der Waals surface area contributed by atoms with Crippen molar-refractivity contribution in [3.8, 4) is 5.69 Å². The van der Waals surface area contributed by atoms with E-state index in [1.165, 1.54) is 0 Å². The van der Waals surface area contributed by atoms with Gasteiger partial charge in [0.2, 0.25) is 0 Å². The quantitative estimate of drug-likeness (QED) is 0.758. The van der Waals surface area contributed by atoms with Crippen LogP contribution in [0.25, 0.3) is 5.69 Å². The zero-order chi connectivity index (χ0) is 10.8. The molecule has 0 aliphatic heterocycles. The lowest BCUT2D eigenvalue weighted by molar-refractivity contribution is 0.882. The zero-order valence-electron chi connectivity index (χ0n) is 8.02. The van der Waals surface area contributed by atoms with Gasteiger partial charge in [-0.05, 0) is 18.2 Å². The Hall–Kier alpha value is -1.52. The molecule has 0 radical (unpaired) electrons. The van der Waals surface area contributed by atoms with E-state index in [1.807, 2.05) is 6.20 Å². The van der Waals surface area contributed by atoms with Crippen LogP contribution in [-0.2, 0) is 6.54 Å². The Balaban J connectivity index is 2.48. The standard InChI is InChI=1S/C10H11ClN4/c11-8-1-2-9(13)10(3-8)15-6-7(4-12)5-14-15/h1-3,5-6H,4,12-13H2. The number of nitrogens with two attached hydrogens (primary N) is 2. The van der Waals surface area contributed by atoms with Crippen molar-refractivity contribution in [3.63, 3.8) is 0 Å². The molecule has 0 fully saturated rings. The number of benzene rings is 1. The van der Waals surface area contributed by atoms with E-state index in [0.29, 0.717) is 17.3 Å². The Labute approximate surface area is 92.4 Å². The second-order valence-electron chi connectivity index (χ2n) is 3.20. The fourth-order valence-electron chi connectivity index (χ4n) is 1.31. The Morgan fingerprint density at radius 1 is 1.40 bits per heavy atom. The number of nitrogens with zero attached hydrogens (tertiary/aromatic N) is 2. The minimum absolute atomic E-state index is 0.459. The second-order valence-corrected chi connectivity index (χ2v) is 3.64. The lowest BCUT2D eigenvalue weighted by Crippen LogP contribution is -2.00. The molecule has 0 spiro atoms. The van der Waals surface area contributed by atoms with E-state index < -0.39 is 0 Å². The van der Waals surface area contributed by atoms with Crippen LogP contribution in [0.4, 0.5) is 5.69 Å². The summed E-state index contributed by atoms with van der Waals surface area (Å²) in [6.07, 6.45) is 3.54. The Morgan fingerprint density at radius 3 is 2.87 bits per heavy atom. The number of aromatic nitrogens is 2. The summed E-state index contributed by atoms with van der Waals surface area (Å²) in [5.41, 5.74) is 13.7. The maximum absolute atomic E-state index is 5.89. The number of halogens is 1. The van der Waals surface area contributed by atoms with Gasteiger partial charge >= 0.3 is 0 Å². The topological polar surface area (TPSA) is 69.9 Å². The van der Waals surface area contributed by atoms with Crippen molar-refractivity contribution in [3.05, 3.63) is 41.2 Å². The van der Waals surface area contributed by atoms with Gasteiger partial charge in [-0.3, -0.25) is 0 Å².